The first kappa shape index (κ1) is 18.7. The number of carbonyl (C=O) groups excluding carboxylic acids is 2. The lowest BCUT2D eigenvalue weighted by Crippen LogP contribution is -2.28. The predicted octanol–water partition coefficient (Wildman–Crippen LogP) is 2.63. The molecule has 0 radical (unpaired) electrons. The fourth-order valence-corrected chi connectivity index (χ4v) is 3.20. The molecule has 3 rings (SSSR count). The molecule has 1 saturated heterocycles. The van der Waals surface area contributed by atoms with Crippen LogP contribution in [0.4, 0.5) is 5.69 Å². The van der Waals surface area contributed by atoms with Gasteiger partial charge in [-0.2, -0.15) is 5.10 Å². The molecule has 140 valence electrons. The van der Waals surface area contributed by atoms with Crippen LogP contribution in [0.3, 0.4) is 0 Å². The molecule has 1 aliphatic rings. The summed E-state index contributed by atoms with van der Waals surface area (Å²) in [4.78, 5) is 24.2. The Morgan fingerprint density at radius 1 is 1.37 bits per heavy atom. The van der Waals surface area contributed by atoms with Gasteiger partial charge in [0, 0.05) is 12.1 Å². The van der Waals surface area contributed by atoms with Gasteiger partial charge in [0.05, 0.1) is 19.1 Å². The Kier molecular flexibility index (Phi) is 6.26. The summed E-state index contributed by atoms with van der Waals surface area (Å²) in [6.07, 6.45) is 3.00. The van der Waals surface area contributed by atoms with E-state index in [0.29, 0.717) is 23.2 Å². The smallest absolute Gasteiger partial charge is 0.240 e. The van der Waals surface area contributed by atoms with Crippen LogP contribution in [0, 0.1) is 0 Å². The van der Waals surface area contributed by atoms with Crippen LogP contribution in [0.25, 0.3) is 0 Å². The zero-order valence-corrected chi connectivity index (χ0v) is 15.4. The number of rotatable bonds is 7. The number of thioether (sulfide) groups is 1. The lowest BCUT2D eigenvalue weighted by Gasteiger charge is -2.08. The summed E-state index contributed by atoms with van der Waals surface area (Å²) >= 11 is 1.17. The summed E-state index contributed by atoms with van der Waals surface area (Å²) in [7, 11) is 0. The third-order valence-electron chi connectivity index (χ3n) is 3.47. The summed E-state index contributed by atoms with van der Waals surface area (Å²) in [5.74, 6) is 0.762. The van der Waals surface area contributed by atoms with Crippen LogP contribution in [-0.2, 0) is 9.59 Å². The molecule has 0 bridgehead atoms. The minimum absolute atomic E-state index is 0.0324. The topological polar surface area (TPSA) is 105 Å². The predicted molar refractivity (Wildman–Crippen MR) is 104 cm³/mol. The van der Waals surface area contributed by atoms with Crippen LogP contribution in [0.5, 0.6) is 5.75 Å². The standard InChI is InChI=1S/C18H18N4O4S/c1-2-25-13-7-5-12(6-8-13)20-16(23)10-15-17(24)21-18(27-15)22-19-11-14-4-3-9-26-14/h3-9,11,15H,2,10H2,1H3,(H,20,23)(H,21,22,24). The molecule has 0 saturated carbocycles. The molecule has 1 atom stereocenters. The maximum absolute atomic E-state index is 12.2. The van der Waals surface area contributed by atoms with E-state index in [9.17, 15) is 9.59 Å². The lowest BCUT2D eigenvalue weighted by molar-refractivity contribution is -0.122. The summed E-state index contributed by atoms with van der Waals surface area (Å²) in [5.41, 5.74) is 0.642. The molecule has 1 aliphatic heterocycles. The molecule has 1 fully saturated rings. The number of amides is 2. The number of ether oxygens (including phenoxy) is 1. The molecular formula is C18H18N4O4S. The van der Waals surface area contributed by atoms with Gasteiger partial charge < -0.3 is 19.8 Å². The largest absolute Gasteiger partial charge is 0.494 e. The first-order chi connectivity index (χ1) is 13.1. The van der Waals surface area contributed by atoms with Crippen LogP contribution in [0.15, 0.2) is 57.3 Å². The number of nitrogens with zero attached hydrogens (tertiary/aromatic N) is 2. The molecule has 1 aromatic carbocycles. The number of nitrogens with one attached hydrogen (secondary N) is 2. The van der Waals surface area contributed by atoms with E-state index in [2.05, 4.69) is 20.8 Å². The zero-order valence-electron chi connectivity index (χ0n) is 14.5. The second kappa shape index (κ2) is 9.04. The highest BCUT2D eigenvalue weighted by Crippen LogP contribution is 2.23. The van der Waals surface area contributed by atoms with Gasteiger partial charge in [0.1, 0.15) is 16.8 Å². The number of anilines is 1. The highest BCUT2D eigenvalue weighted by molar-refractivity contribution is 8.15. The Labute approximate surface area is 160 Å². The Bertz CT molecular complexity index is 847. The van der Waals surface area contributed by atoms with Crippen molar-refractivity contribution in [2.75, 3.05) is 11.9 Å². The van der Waals surface area contributed by atoms with Crippen molar-refractivity contribution in [3.8, 4) is 5.75 Å². The average Bonchev–Trinajstić information content (AvgIpc) is 3.27. The van der Waals surface area contributed by atoms with Gasteiger partial charge in [-0.25, -0.2) is 0 Å². The Hall–Kier alpha value is -3.07. The maximum Gasteiger partial charge on any atom is 0.240 e. The highest BCUT2D eigenvalue weighted by atomic mass is 32.2. The van der Waals surface area contributed by atoms with Crippen molar-refractivity contribution in [2.24, 2.45) is 10.2 Å². The van der Waals surface area contributed by atoms with Gasteiger partial charge in [0.25, 0.3) is 0 Å². The average molecular weight is 386 g/mol. The summed E-state index contributed by atoms with van der Waals surface area (Å²) in [6, 6.07) is 10.5. The van der Waals surface area contributed by atoms with Crippen LogP contribution < -0.4 is 15.4 Å². The van der Waals surface area contributed by atoms with E-state index < -0.39 is 5.25 Å². The van der Waals surface area contributed by atoms with Crippen molar-refractivity contribution < 1.29 is 18.7 Å². The van der Waals surface area contributed by atoms with Crippen molar-refractivity contribution >= 4 is 40.6 Å². The Balaban J connectivity index is 1.51. The maximum atomic E-state index is 12.2. The van der Waals surface area contributed by atoms with E-state index in [0.717, 1.165) is 5.75 Å². The normalized spacial score (nSPS) is 18.0. The fourth-order valence-electron chi connectivity index (χ4n) is 2.27. The van der Waals surface area contributed by atoms with Crippen molar-refractivity contribution in [3.63, 3.8) is 0 Å². The Morgan fingerprint density at radius 3 is 2.89 bits per heavy atom. The van der Waals surface area contributed by atoms with Crippen LogP contribution in [0.2, 0.25) is 0 Å². The van der Waals surface area contributed by atoms with Gasteiger partial charge in [-0.3, -0.25) is 9.59 Å². The second-order valence-corrected chi connectivity index (χ2v) is 6.66. The SMILES string of the molecule is CCOc1ccc(NC(=O)CC2SC(=NN=Cc3ccco3)NC2=O)cc1. The first-order valence-electron chi connectivity index (χ1n) is 8.29. The van der Waals surface area contributed by atoms with E-state index in [4.69, 9.17) is 9.15 Å². The van der Waals surface area contributed by atoms with E-state index in [1.54, 1.807) is 36.4 Å². The van der Waals surface area contributed by atoms with Crippen molar-refractivity contribution in [2.45, 2.75) is 18.6 Å². The quantitative estimate of drug-likeness (QED) is 0.562. The summed E-state index contributed by atoms with van der Waals surface area (Å²) < 4.78 is 10.5. The Morgan fingerprint density at radius 2 is 2.19 bits per heavy atom. The minimum atomic E-state index is -0.551. The molecule has 2 heterocycles. The molecule has 2 amide bonds. The number of benzene rings is 1. The van der Waals surface area contributed by atoms with Crippen LogP contribution in [-0.4, -0.2) is 35.1 Å². The van der Waals surface area contributed by atoms with Gasteiger partial charge in [0.2, 0.25) is 11.8 Å². The molecule has 0 spiro atoms. The van der Waals surface area contributed by atoms with E-state index in [-0.39, 0.29) is 18.2 Å². The third kappa shape index (κ3) is 5.45. The number of furan rings is 1. The monoisotopic (exact) mass is 386 g/mol. The van der Waals surface area contributed by atoms with Crippen LogP contribution in [0.1, 0.15) is 19.1 Å². The molecule has 0 aliphatic carbocycles. The molecular weight excluding hydrogens is 368 g/mol. The lowest BCUT2D eigenvalue weighted by atomic mass is 10.2. The zero-order chi connectivity index (χ0) is 19.1. The highest BCUT2D eigenvalue weighted by Gasteiger charge is 2.32. The number of amidine groups is 1. The second-order valence-electron chi connectivity index (χ2n) is 5.47. The van der Waals surface area contributed by atoms with Gasteiger partial charge in [0.15, 0.2) is 5.17 Å². The fraction of sp³-hybridized carbons (Fsp3) is 0.222. The van der Waals surface area contributed by atoms with Crippen molar-refractivity contribution in [3.05, 3.63) is 48.4 Å². The van der Waals surface area contributed by atoms with E-state index in [1.807, 2.05) is 6.92 Å². The van der Waals surface area contributed by atoms with Gasteiger partial charge >= 0.3 is 0 Å². The van der Waals surface area contributed by atoms with Gasteiger partial charge in [-0.05, 0) is 43.3 Å². The number of hydrogen-bond donors (Lipinski definition) is 2. The first-order valence-corrected chi connectivity index (χ1v) is 9.17. The molecule has 2 N–H and O–H groups in total. The van der Waals surface area contributed by atoms with Crippen molar-refractivity contribution in [1.29, 1.82) is 0 Å². The molecule has 9 heteroatoms. The molecule has 8 nitrogen and oxygen atoms in total. The van der Waals surface area contributed by atoms with Crippen molar-refractivity contribution in [1.82, 2.24) is 5.32 Å². The molecule has 2 aromatic rings. The van der Waals surface area contributed by atoms with E-state index >= 15 is 0 Å². The molecule has 27 heavy (non-hydrogen) atoms. The molecule has 1 aromatic heterocycles. The van der Waals surface area contributed by atoms with Gasteiger partial charge in [-0.1, -0.05) is 11.8 Å². The number of carbonyl (C=O) groups is 2. The van der Waals surface area contributed by atoms with Crippen LogP contribution >= 0.6 is 11.8 Å². The minimum Gasteiger partial charge on any atom is -0.494 e. The molecule has 1 unspecified atom stereocenters. The number of hydrogen-bond acceptors (Lipinski definition) is 7. The van der Waals surface area contributed by atoms with Gasteiger partial charge in [-0.15, -0.1) is 5.10 Å². The van der Waals surface area contributed by atoms with E-state index in [1.165, 1.54) is 24.2 Å². The third-order valence-corrected chi connectivity index (χ3v) is 4.55. The summed E-state index contributed by atoms with van der Waals surface area (Å²) in [6.45, 7) is 2.48. The summed E-state index contributed by atoms with van der Waals surface area (Å²) in [5, 5.41) is 13.0.